The standard InChI is InChI=1S/C22H33N3O5S3/c1-5-17(2)32(27,28)23-15-20-16-24(33(29,30)21-7-6-14-31-21)12-13-25(20)19-10-8-18(9-11-19)22(3,4)26/h6-11,14,17,20,23,26H,5,12-13,15-16H2,1-4H3/t17-,20+/m1/s1. The first-order valence-corrected chi connectivity index (χ1v) is 14.8. The minimum absolute atomic E-state index is 0.0936. The summed E-state index contributed by atoms with van der Waals surface area (Å²) in [6.45, 7) is 7.86. The van der Waals surface area contributed by atoms with Crippen molar-refractivity contribution in [1.29, 1.82) is 0 Å². The first-order valence-electron chi connectivity index (χ1n) is 11.0. The lowest BCUT2D eigenvalue weighted by atomic mass is 9.98. The van der Waals surface area contributed by atoms with Crippen molar-refractivity contribution < 1.29 is 21.9 Å². The van der Waals surface area contributed by atoms with Gasteiger partial charge in [0.2, 0.25) is 10.0 Å². The second-order valence-corrected chi connectivity index (χ2v) is 14.2. The van der Waals surface area contributed by atoms with Crippen molar-refractivity contribution in [1.82, 2.24) is 9.03 Å². The van der Waals surface area contributed by atoms with Crippen molar-refractivity contribution in [3.63, 3.8) is 0 Å². The molecular weight excluding hydrogens is 482 g/mol. The number of thiophene rings is 1. The molecule has 11 heteroatoms. The van der Waals surface area contributed by atoms with E-state index < -0.39 is 30.9 Å². The van der Waals surface area contributed by atoms with Crippen LogP contribution in [0.4, 0.5) is 5.69 Å². The number of hydrogen-bond donors (Lipinski definition) is 2. The summed E-state index contributed by atoms with van der Waals surface area (Å²) in [5.74, 6) is 0. The molecule has 0 saturated carbocycles. The molecule has 1 aliphatic heterocycles. The molecule has 184 valence electrons. The van der Waals surface area contributed by atoms with Gasteiger partial charge in [-0.25, -0.2) is 21.6 Å². The molecule has 3 rings (SSSR count). The number of aliphatic hydroxyl groups is 1. The van der Waals surface area contributed by atoms with Gasteiger partial charge in [-0.05, 0) is 56.3 Å². The van der Waals surface area contributed by atoms with Crippen LogP contribution < -0.4 is 9.62 Å². The zero-order chi connectivity index (χ0) is 24.4. The van der Waals surface area contributed by atoms with Crippen LogP contribution >= 0.6 is 11.3 Å². The van der Waals surface area contributed by atoms with E-state index in [0.717, 1.165) is 11.3 Å². The van der Waals surface area contributed by atoms with Crippen LogP contribution in [0.5, 0.6) is 0 Å². The first-order chi connectivity index (χ1) is 15.4. The number of benzene rings is 1. The smallest absolute Gasteiger partial charge is 0.252 e. The molecule has 1 saturated heterocycles. The van der Waals surface area contributed by atoms with Gasteiger partial charge in [-0.3, -0.25) is 0 Å². The summed E-state index contributed by atoms with van der Waals surface area (Å²) in [5, 5.41) is 11.4. The van der Waals surface area contributed by atoms with E-state index in [1.165, 1.54) is 15.6 Å². The van der Waals surface area contributed by atoms with Crippen LogP contribution in [0.2, 0.25) is 0 Å². The lowest BCUT2D eigenvalue weighted by Gasteiger charge is -2.42. The number of piperazine rings is 1. The Kier molecular flexibility index (Phi) is 7.92. The average molecular weight is 516 g/mol. The third-order valence-electron chi connectivity index (χ3n) is 6.06. The third kappa shape index (κ3) is 5.95. The monoisotopic (exact) mass is 515 g/mol. The molecule has 2 aromatic rings. The summed E-state index contributed by atoms with van der Waals surface area (Å²) in [4.78, 5) is 2.04. The van der Waals surface area contributed by atoms with Crippen LogP contribution in [0, 0.1) is 0 Å². The maximum atomic E-state index is 13.1. The minimum Gasteiger partial charge on any atom is -0.386 e. The molecule has 8 nitrogen and oxygen atoms in total. The Morgan fingerprint density at radius 2 is 1.82 bits per heavy atom. The maximum Gasteiger partial charge on any atom is 0.252 e. The SMILES string of the molecule is CC[C@@H](C)S(=O)(=O)NC[C@H]1CN(S(=O)(=O)c2cccs2)CCN1c1ccc(C(C)(C)O)cc1. The Bertz CT molecular complexity index is 1120. The van der Waals surface area contributed by atoms with Gasteiger partial charge in [0.25, 0.3) is 10.0 Å². The molecule has 1 aromatic heterocycles. The van der Waals surface area contributed by atoms with Gasteiger partial charge in [0.05, 0.1) is 16.9 Å². The number of hydrogen-bond acceptors (Lipinski definition) is 7. The lowest BCUT2D eigenvalue weighted by molar-refractivity contribution is 0.0786. The van der Waals surface area contributed by atoms with Crippen molar-refractivity contribution in [2.24, 2.45) is 0 Å². The van der Waals surface area contributed by atoms with Crippen molar-refractivity contribution in [3.05, 3.63) is 47.3 Å². The summed E-state index contributed by atoms with van der Waals surface area (Å²) < 4.78 is 55.8. The van der Waals surface area contributed by atoms with Crippen LogP contribution in [0.15, 0.2) is 46.0 Å². The van der Waals surface area contributed by atoms with Crippen molar-refractivity contribution in [2.45, 2.75) is 55.2 Å². The summed E-state index contributed by atoms with van der Waals surface area (Å²) in [7, 11) is -7.16. The van der Waals surface area contributed by atoms with Gasteiger partial charge in [0, 0.05) is 31.9 Å². The molecule has 0 amide bonds. The van der Waals surface area contributed by atoms with Crippen LogP contribution in [-0.4, -0.2) is 63.7 Å². The second-order valence-electron chi connectivity index (χ2n) is 8.86. The minimum atomic E-state index is -3.64. The largest absolute Gasteiger partial charge is 0.386 e. The number of rotatable bonds is 9. The van der Waals surface area contributed by atoms with Gasteiger partial charge < -0.3 is 10.0 Å². The van der Waals surface area contributed by atoms with Gasteiger partial charge in [-0.15, -0.1) is 11.3 Å². The number of nitrogens with one attached hydrogen (secondary N) is 1. The van der Waals surface area contributed by atoms with Gasteiger partial charge in [0.1, 0.15) is 4.21 Å². The third-order valence-corrected chi connectivity index (χ3v) is 11.3. The number of anilines is 1. The Hall–Kier alpha value is -1.50. The van der Waals surface area contributed by atoms with Crippen LogP contribution in [0.25, 0.3) is 0 Å². The molecule has 0 unspecified atom stereocenters. The summed E-state index contributed by atoms with van der Waals surface area (Å²) in [5.41, 5.74) is 0.639. The normalized spacial score (nSPS) is 19.5. The molecule has 33 heavy (non-hydrogen) atoms. The van der Waals surface area contributed by atoms with Gasteiger partial charge in [-0.2, -0.15) is 4.31 Å². The van der Waals surface area contributed by atoms with E-state index in [4.69, 9.17) is 0 Å². The fourth-order valence-corrected chi connectivity index (χ4v) is 7.49. The van der Waals surface area contributed by atoms with Gasteiger partial charge in [-0.1, -0.05) is 25.1 Å². The summed E-state index contributed by atoms with van der Waals surface area (Å²) in [6, 6.07) is 10.3. The predicted octanol–water partition coefficient (Wildman–Crippen LogP) is 2.57. The van der Waals surface area contributed by atoms with Crippen molar-refractivity contribution in [2.75, 3.05) is 31.1 Å². The average Bonchev–Trinajstić information content (AvgIpc) is 3.32. The summed E-state index contributed by atoms with van der Waals surface area (Å²) >= 11 is 1.17. The molecule has 2 atom stereocenters. The Morgan fingerprint density at radius 1 is 1.15 bits per heavy atom. The highest BCUT2D eigenvalue weighted by Crippen LogP contribution is 2.28. The zero-order valence-corrected chi connectivity index (χ0v) is 21.9. The maximum absolute atomic E-state index is 13.1. The molecule has 1 fully saturated rings. The molecule has 0 bridgehead atoms. The fourth-order valence-electron chi connectivity index (χ4n) is 3.73. The van der Waals surface area contributed by atoms with E-state index in [2.05, 4.69) is 4.72 Å². The van der Waals surface area contributed by atoms with Gasteiger partial charge >= 0.3 is 0 Å². The van der Waals surface area contributed by atoms with E-state index in [0.29, 0.717) is 19.5 Å². The number of nitrogens with zero attached hydrogens (tertiary/aromatic N) is 2. The lowest BCUT2D eigenvalue weighted by Crippen LogP contribution is -2.58. The van der Waals surface area contributed by atoms with E-state index in [1.807, 2.05) is 36.1 Å². The van der Waals surface area contributed by atoms with Crippen LogP contribution in [-0.2, 0) is 25.6 Å². The molecule has 0 aliphatic carbocycles. The summed E-state index contributed by atoms with van der Waals surface area (Å²) in [6.07, 6.45) is 0.487. The predicted molar refractivity (Wildman–Crippen MR) is 133 cm³/mol. The van der Waals surface area contributed by atoms with E-state index in [9.17, 15) is 21.9 Å². The quantitative estimate of drug-likeness (QED) is 0.532. The molecule has 0 spiro atoms. The van der Waals surface area contributed by atoms with Crippen molar-refractivity contribution >= 4 is 37.1 Å². The molecule has 1 aromatic carbocycles. The van der Waals surface area contributed by atoms with E-state index in [1.54, 1.807) is 38.3 Å². The van der Waals surface area contributed by atoms with Crippen molar-refractivity contribution in [3.8, 4) is 0 Å². The number of sulfonamides is 2. The highest BCUT2D eigenvalue weighted by atomic mass is 32.2. The molecule has 2 N–H and O–H groups in total. The highest BCUT2D eigenvalue weighted by molar-refractivity contribution is 7.91. The Labute approximate surface area is 201 Å². The van der Waals surface area contributed by atoms with Crippen LogP contribution in [0.1, 0.15) is 39.7 Å². The second kappa shape index (κ2) is 10.0. The van der Waals surface area contributed by atoms with E-state index >= 15 is 0 Å². The molecule has 0 radical (unpaired) electrons. The first kappa shape index (κ1) is 26.1. The van der Waals surface area contributed by atoms with Crippen LogP contribution in [0.3, 0.4) is 0 Å². The fraction of sp³-hybridized carbons (Fsp3) is 0.545. The molecule has 2 heterocycles. The topological polar surface area (TPSA) is 107 Å². The molecule has 1 aliphatic rings. The Balaban J connectivity index is 1.87. The van der Waals surface area contributed by atoms with Gasteiger partial charge in [0.15, 0.2) is 0 Å². The molecular formula is C22H33N3O5S3. The zero-order valence-electron chi connectivity index (χ0n) is 19.4. The highest BCUT2D eigenvalue weighted by Gasteiger charge is 2.36. The Morgan fingerprint density at radius 3 is 2.36 bits per heavy atom. The van der Waals surface area contributed by atoms with E-state index in [-0.39, 0.29) is 23.3 Å².